The molecule has 0 aromatic carbocycles. The first kappa shape index (κ1) is 21.3. The second-order valence-corrected chi connectivity index (χ2v) is 6.51. The number of pyridine rings is 1. The van der Waals surface area contributed by atoms with Crippen LogP contribution >= 0.6 is 0 Å². The summed E-state index contributed by atoms with van der Waals surface area (Å²) in [6, 6.07) is 1.78. The Morgan fingerprint density at radius 2 is 2.03 bits per heavy atom. The summed E-state index contributed by atoms with van der Waals surface area (Å²) < 4.78 is 41.3. The maximum absolute atomic E-state index is 12.0. The van der Waals surface area contributed by atoms with E-state index in [0.717, 1.165) is 11.1 Å². The van der Waals surface area contributed by atoms with Crippen molar-refractivity contribution in [3.05, 3.63) is 35.3 Å². The molecule has 9 nitrogen and oxygen atoms in total. The highest BCUT2D eigenvalue weighted by atomic mass is 19.4. The highest BCUT2D eigenvalue weighted by Gasteiger charge is 2.41. The molecule has 0 saturated heterocycles. The Hall–Kier alpha value is -3.44. The molecule has 160 valence electrons. The third kappa shape index (κ3) is 4.58. The number of aromatic nitrogens is 3. The number of fused-ring (bicyclic) bond motifs is 3. The summed E-state index contributed by atoms with van der Waals surface area (Å²) in [4.78, 5) is 37.9. The quantitative estimate of drug-likeness (QED) is 0.506. The van der Waals surface area contributed by atoms with Crippen LogP contribution in [0.4, 0.5) is 13.2 Å². The number of rotatable bonds is 7. The second-order valence-electron chi connectivity index (χ2n) is 6.51. The molecule has 2 aromatic heterocycles. The van der Waals surface area contributed by atoms with Gasteiger partial charge in [0.25, 0.3) is 5.91 Å². The first-order valence-electron chi connectivity index (χ1n) is 8.95. The number of esters is 1. The molecule has 1 amide bonds. The lowest BCUT2D eigenvalue weighted by atomic mass is 9.90. The maximum Gasteiger partial charge on any atom is 0.490 e. The fourth-order valence-electron chi connectivity index (χ4n) is 3.19. The van der Waals surface area contributed by atoms with Gasteiger partial charge in [0.2, 0.25) is 0 Å². The Morgan fingerprint density at radius 1 is 1.27 bits per heavy atom. The summed E-state index contributed by atoms with van der Waals surface area (Å²) >= 11 is 0. The zero-order valence-electron chi connectivity index (χ0n) is 15.5. The molecule has 0 aliphatic heterocycles. The van der Waals surface area contributed by atoms with Crippen molar-refractivity contribution in [1.82, 2.24) is 20.1 Å². The number of amides is 1. The predicted molar refractivity (Wildman–Crippen MR) is 94.5 cm³/mol. The molecule has 0 saturated carbocycles. The Balaban J connectivity index is 1.59. The number of ether oxygens (including phenoxy) is 1. The van der Waals surface area contributed by atoms with E-state index in [1.807, 2.05) is 0 Å². The molecule has 12 heteroatoms. The molecule has 0 spiro atoms. The number of hydrogen-bond donors (Lipinski definition) is 2. The largest absolute Gasteiger partial charge is 0.490 e. The van der Waals surface area contributed by atoms with E-state index in [1.165, 1.54) is 4.68 Å². The van der Waals surface area contributed by atoms with Crippen LogP contribution in [0.2, 0.25) is 0 Å². The summed E-state index contributed by atoms with van der Waals surface area (Å²) in [5.41, 5.74) is 3.08. The molecular weight excluding hydrogens is 409 g/mol. The molecule has 30 heavy (non-hydrogen) atoms. The molecule has 2 aromatic rings. The van der Waals surface area contributed by atoms with E-state index in [1.54, 1.807) is 18.5 Å². The lowest BCUT2D eigenvalue weighted by Gasteiger charge is -2.14. The minimum absolute atomic E-state index is 0.0342. The third-order valence-corrected chi connectivity index (χ3v) is 4.49. The Kier molecular flexibility index (Phi) is 6.04. The summed E-state index contributed by atoms with van der Waals surface area (Å²) in [5.74, 6) is -4.46. The van der Waals surface area contributed by atoms with Gasteiger partial charge in [-0.3, -0.25) is 14.5 Å². The number of hydrogen-bond acceptors (Lipinski definition) is 6. The lowest BCUT2D eigenvalue weighted by molar-refractivity contribution is -0.200. The van der Waals surface area contributed by atoms with Gasteiger partial charge in [-0.05, 0) is 30.9 Å². The summed E-state index contributed by atoms with van der Waals surface area (Å²) in [6.07, 6.45) is -0.413. The van der Waals surface area contributed by atoms with Crippen LogP contribution in [-0.2, 0) is 33.7 Å². The number of carboxylic acids is 1. The van der Waals surface area contributed by atoms with Crippen LogP contribution in [0.1, 0.15) is 28.0 Å². The van der Waals surface area contributed by atoms with Gasteiger partial charge in [-0.25, -0.2) is 9.59 Å². The normalized spacial score (nSPS) is 12.6. The molecule has 2 N–H and O–H groups in total. The molecule has 3 rings (SSSR count). The SMILES string of the molecule is O=C(COC(=O)C(F)(F)F)NCCCn1nc2c(c1C(=O)O)CCc1cnccc1-2. The van der Waals surface area contributed by atoms with Gasteiger partial charge in [0.05, 0.1) is 5.69 Å². The molecule has 0 radical (unpaired) electrons. The second kappa shape index (κ2) is 8.51. The number of aromatic carboxylic acids is 1. The van der Waals surface area contributed by atoms with Crippen molar-refractivity contribution >= 4 is 17.8 Å². The van der Waals surface area contributed by atoms with Crippen molar-refractivity contribution in [2.24, 2.45) is 0 Å². The molecule has 0 fully saturated rings. The van der Waals surface area contributed by atoms with E-state index in [2.05, 4.69) is 20.1 Å². The Morgan fingerprint density at radius 3 is 2.73 bits per heavy atom. The average molecular weight is 426 g/mol. The number of carbonyl (C=O) groups excluding carboxylic acids is 2. The van der Waals surface area contributed by atoms with Gasteiger partial charge in [-0.1, -0.05) is 0 Å². The lowest BCUT2D eigenvalue weighted by Crippen LogP contribution is -2.33. The number of nitrogens with zero attached hydrogens (tertiary/aromatic N) is 3. The van der Waals surface area contributed by atoms with Crippen LogP contribution in [0.15, 0.2) is 18.5 Å². The predicted octanol–water partition coefficient (Wildman–Crippen LogP) is 1.35. The van der Waals surface area contributed by atoms with Crippen molar-refractivity contribution < 1.29 is 37.4 Å². The maximum atomic E-state index is 12.0. The van der Waals surface area contributed by atoms with Crippen molar-refractivity contribution in [3.8, 4) is 11.3 Å². The van der Waals surface area contributed by atoms with E-state index in [0.29, 0.717) is 24.1 Å². The number of halogens is 3. The van der Waals surface area contributed by atoms with Gasteiger partial charge < -0.3 is 15.2 Å². The summed E-state index contributed by atoms with van der Waals surface area (Å²) in [6.45, 7) is -0.857. The average Bonchev–Trinajstić information content (AvgIpc) is 3.07. The van der Waals surface area contributed by atoms with Gasteiger partial charge in [0.1, 0.15) is 5.69 Å². The molecule has 2 heterocycles. The van der Waals surface area contributed by atoms with Gasteiger partial charge in [0.15, 0.2) is 6.61 Å². The highest BCUT2D eigenvalue weighted by molar-refractivity contribution is 5.90. The fourth-order valence-corrected chi connectivity index (χ4v) is 3.19. The van der Waals surface area contributed by atoms with E-state index in [4.69, 9.17) is 0 Å². The van der Waals surface area contributed by atoms with Crippen LogP contribution < -0.4 is 5.32 Å². The number of alkyl halides is 3. The number of carboxylic acid groups (broad SMARTS) is 1. The van der Waals surface area contributed by atoms with Gasteiger partial charge >= 0.3 is 18.1 Å². The summed E-state index contributed by atoms with van der Waals surface area (Å²) in [7, 11) is 0. The van der Waals surface area contributed by atoms with Crippen LogP contribution in [0.3, 0.4) is 0 Å². The minimum atomic E-state index is -5.17. The van der Waals surface area contributed by atoms with Crippen molar-refractivity contribution in [3.63, 3.8) is 0 Å². The first-order chi connectivity index (χ1) is 14.2. The molecule has 1 aliphatic carbocycles. The molecule has 1 aliphatic rings. The van der Waals surface area contributed by atoms with Crippen molar-refractivity contribution in [2.45, 2.75) is 32.0 Å². The fraction of sp³-hybridized carbons (Fsp3) is 0.389. The highest BCUT2D eigenvalue weighted by Crippen LogP contribution is 2.34. The van der Waals surface area contributed by atoms with Crippen molar-refractivity contribution in [1.29, 1.82) is 0 Å². The van der Waals surface area contributed by atoms with Gasteiger partial charge in [-0.15, -0.1) is 0 Å². The van der Waals surface area contributed by atoms with Gasteiger partial charge in [-0.2, -0.15) is 18.3 Å². The molecule has 0 unspecified atom stereocenters. The topological polar surface area (TPSA) is 123 Å². The molecule has 0 bridgehead atoms. The van der Waals surface area contributed by atoms with Crippen LogP contribution in [0.5, 0.6) is 0 Å². The molecule has 0 atom stereocenters. The zero-order valence-corrected chi connectivity index (χ0v) is 15.5. The number of nitrogens with one attached hydrogen (secondary N) is 1. The van der Waals surface area contributed by atoms with E-state index in [-0.39, 0.29) is 25.2 Å². The Labute approximate surface area is 167 Å². The smallest absolute Gasteiger partial charge is 0.477 e. The van der Waals surface area contributed by atoms with Crippen molar-refractivity contribution in [2.75, 3.05) is 13.2 Å². The monoisotopic (exact) mass is 426 g/mol. The van der Waals surface area contributed by atoms with E-state index >= 15 is 0 Å². The number of carbonyl (C=O) groups is 3. The standard InChI is InChI=1S/C18H17F3N4O5/c19-18(20,21)17(29)30-9-13(26)23-5-1-7-25-15(16(27)28)12-3-2-10-8-22-6-4-11(10)14(12)24-25/h4,6,8H,1-3,5,7,9H2,(H,23,26)(H,27,28). The van der Waals surface area contributed by atoms with E-state index < -0.39 is 30.6 Å². The minimum Gasteiger partial charge on any atom is -0.477 e. The van der Waals surface area contributed by atoms with Gasteiger partial charge in [0, 0.05) is 36.6 Å². The summed E-state index contributed by atoms with van der Waals surface area (Å²) in [5, 5.41) is 16.3. The van der Waals surface area contributed by atoms with E-state index in [9.17, 15) is 32.7 Å². The van der Waals surface area contributed by atoms with Crippen LogP contribution in [0.25, 0.3) is 11.3 Å². The zero-order chi connectivity index (χ0) is 21.9. The first-order valence-corrected chi connectivity index (χ1v) is 8.95. The van der Waals surface area contributed by atoms with Crippen LogP contribution in [-0.4, -0.2) is 57.0 Å². The third-order valence-electron chi connectivity index (χ3n) is 4.49. The molecular formula is C18H17F3N4O5. The van der Waals surface area contributed by atoms with Crippen LogP contribution in [0, 0.1) is 0 Å². The number of aryl methyl sites for hydroxylation is 2. The Bertz CT molecular complexity index is 987.